The standard InChI is InChI=1S/C14H28N2/c1-12(2)14(8-4-5-9-15-14)13-6-10-16(3)11-7-13/h12-13,15H,4-11H2,1-3H3. The van der Waals surface area contributed by atoms with Crippen LogP contribution >= 0.6 is 0 Å². The maximum Gasteiger partial charge on any atom is 0.0233 e. The molecule has 2 heteroatoms. The molecule has 2 heterocycles. The zero-order valence-electron chi connectivity index (χ0n) is 11.3. The lowest BCUT2D eigenvalue weighted by molar-refractivity contribution is 0.0591. The Morgan fingerprint density at radius 3 is 2.38 bits per heavy atom. The zero-order chi connectivity index (χ0) is 11.6. The van der Waals surface area contributed by atoms with Crippen molar-refractivity contribution in [3.8, 4) is 0 Å². The van der Waals surface area contributed by atoms with Gasteiger partial charge in [-0.2, -0.15) is 0 Å². The highest BCUT2D eigenvalue weighted by Crippen LogP contribution is 2.39. The molecule has 1 unspecified atom stereocenters. The van der Waals surface area contributed by atoms with Gasteiger partial charge in [-0.05, 0) is 64.2 Å². The van der Waals surface area contributed by atoms with Gasteiger partial charge in [-0.15, -0.1) is 0 Å². The maximum atomic E-state index is 3.90. The van der Waals surface area contributed by atoms with Crippen LogP contribution in [0.4, 0.5) is 0 Å². The van der Waals surface area contributed by atoms with E-state index >= 15 is 0 Å². The van der Waals surface area contributed by atoms with Gasteiger partial charge in [0.05, 0.1) is 0 Å². The van der Waals surface area contributed by atoms with E-state index in [1.165, 1.54) is 51.7 Å². The van der Waals surface area contributed by atoms with Gasteiger partial charge < -0.3 is 10.2 Å². The molecule has 0 bridgehead atoms. The molecule has 2 aliphatic rings. The molecule has 0 amide bonds. The number of rotatable bonds is 2. The van der Waals surface area contributed by atoms with E-state index in [1.54, 1.807) is 0 Å². The highest BCUT2D eigenvalue weighted by molar-refractivity contribution is 5.00. The van der Waals surface area contributed by atoms with Crippen LogP contribution in [0.25, 0.3) is 0 Å². The minimum absolute atomic E-state index is 0.458. The van der Waals surface area contributed by atoms with E-state index in [1.807, 2.05) is 0 Å². The lowest BCUT2D eigenvalue weighted by atomic mass is 9.67. The molecule has 0 spiro atoms. The first-order valence-electron chi connectivity index (χ1n) is 7.09. The summed E-state index contributed by atoms with van der Waals surface area (Å²) in [5, 5.41) is 3.90. The minimum Gasteiger partial charge on any atom is -0.311 e. The van der Waals surface area contributed by atoms with Crippen molar-refractivity contribution < 1.29 is 0 Å². The lowest BCUT2D eigenvalue weighted by Crippen LogP contribution is -2.59. The Labute approximate surface area is 101 Å². The van der Waals surface area contributed by atoms with E-state index in [0.29, 0.717) is 5.54 Å². The topological polar surface area (TPSA) is 15.3 Å². The predicted octanol–water partition coefficient (Wildman–Crippen LogP) is 2.50. The fourth-order valence-corrected chi connectivity index (χ4v) is 3.79. The summed E-state index contributed by atoms with van der Waals surface area (Å²) in [6.45, 7) is 8.65. The van der Waals surface area contributed by atoms with Crippen molar-refractivity contribution in [1.29, 1.82) is 0 Å². The van der Waals surface area contributed by atoms with Gasteiger partial charge in [-0.1, -0.05) is 20.3 Å². The molecular formula is C14H28N2. The molecule has 2 aliphatic heterocycles. The minimum atomic E-state index is 0.458. The number of likely N-dealkylation sites (tertiary alicyclic amines) is 1. The summed E-state index contributed by atoms with van der Waals surface area (Å²) in [6.07, 6.45) is 6.99. The van der Waals surface area contributed by atoms with Crippen LogP contribution in [-0.4, -0.2) is 37.1 Å². The van der Waals surface area contributed by atoms with Crippen LogP contribution in [-0.2, 0) is 0 Å². The van der Waals surface area contributed by atoms with Crippen LogP contribution in [0.5, 0.6) is 0 Å². The van der Waals surface area contributed by atoms with Gasteiger partial charge in [0.15, 0.2) is 0 Å². The van der Waals surface area contributed by atoms with Gasteiger partial charge in [0.25, 0.3) is 0 Å². The summed E-state index contributed by atoms with van der Waals surface area (Å²) in [7, 11) is 2.26. The van der Waals surface area contributed by atoms with E-state index < -0.39 is 0 Å². The Morgan fingerprint density at radius 2 is 1.88 bits per heavy atom. The third-order valence-corrected chi connectivity index (χ3v) is 4.95. The third-order valence-electron chi connectivity index (χ3n) is 4.95. The smallest absolute Gasteiger partial charge is 0.0233 e. The number of nitrogens with one attached hydrogen (secondary N) is 1. The molecule has 0 saturated carbocycles. The summed E-state index contributed by atoms with van der Waals surface area (Å²) >= 11 is 0. The second-order valence-corrected chi connectivity index (χ2v) is 6.16. The van der Waals surface area contributed by atoms with E-state index in [9.17, 15) is 0 Å². The maximum absolute atomic E-state index is 3.90. The summed E-state index contributed by atoms with van der Waals surface area (Å²) < 4.78 is 0. The monoisotopic (exact) mass is 224 g/mol. The predicted molar refractivity (Wildman–Crippen MR) is 69.6 cm³/mol. The van der Waals surface area contributed by atoms with E-state index in [2.05, 4.69) is 31.1 Å². The van der Waals surface area contributed by atoms with Crippen molar-refractivity contribution in [1.82, 2.24) is 10.2 Å². The molecule has 2 rings (SSSR count). The first kappa shape index (κ1) is 12.4. The van der Waals surface area contributed by atoms with Crippen LogP contribution in [0.3, 0.4) is 0 Å². The summed E-state index contributed by atoms with van der Waals surface area (Å²) in [6, 6.07) is 0. The average molecular weight is 224 g/mol. The number of nitrogens with zero attached hydrogens (tertiary/aromatic N) is 1. The summed E-state index contributed by atoms with van der Waals surface area (Å²) in [5.41, 5.74) is 0.458. The highest BCUT2D eigenvalue weighted by atomic mass is 15.1. The average Bonchev–Trinajstić information content (AvgIpc) is 2.30. The van der Waals surface area contributed by atoms with Gasteiger partial charge in [0.2, 0.25) is 0 Å². The normalized spacial score (nSPS) is 34.5. The second kappa shape index (κ2) is 5.05. The van der Waals surface area contributed by atoms with Crippen molar-refractivity contribution in [3.05, 3.63) is 0 Å². The van der Waals surface area contributed by atoms with Crippen LogP contribution in [0.1, 0.15) is 46.0 Å². The van der Waals surface area contributed by atoms with Crippen LogP contribution < -0.4 is 5.32 Å². The van der Waals surface area contributed by atoms with Gasteiger partial charge in [0.1, 0.15) is 0 Å². The number of hydrogen-bond acceptors (Lipinski definition) is 2. The Bertz CT molecular complexity index is 211. The fourth-order valence-electron chi connectivity index (χ4n) is 3.79. The van der Waals surface area contributed by atoms with Crippen molar-refractivity contribution >= 4 is 0 Å². The molecule has 0 aromatic rings. The summed E-state index contributed by atoms with van der Waals surface area (Å²) in [5.74, 6) is 1.69. The van der Waals surface area contributed by atoms with Crippen LogP contribution in [0, 0.1) is 11.8 Å². The molecule has 0 radical (unpaired) electrons. The molecular weight excluding hydrogens is 196 g/mol. The molecule has 0 aliphatic carbocycles. The van der Waals surface area contributed by atoms with Crippen molar-refractivity contribution in [2.75, 3.05) is 26.7 Å². The van der Waals surface area contributed by atoms with E-state index in [0.717, 1.165) is 11.8 Å². The van der Waals surface area contributed by atoms with Crippen molar-refractivity contribution in [2.45, 2.75) is 51.5 Å². The molecule has 16 heavy (non-hydrogen) atoms. The molecule has 1 atom stereocenters. The quantitative estimate of drug-likeness (QED) is 0.775. The Morgan fingerprint density at radius 1 is 1.19 bits per heavy atom. The molecule has 94 valence electrons. The molecule has 0 aromatic heterocycles. The van der Waals surface area contributed by atoms with Gasteiger partial charge in [0, 0.05) is 5.54 Å². The Hall–Kier alpha value is -0.0800. The molecule has 2 nitrogen and oxygen atoms in total. The molecule has 1 N–H and O–H groups in total. The first-order valence-corrected chi connectivity index (χ1v) is 7.09. The molecule has 2 saturated heterocycles. The Balaban J connectivity index is 2.06. The van der Waals surface area contributed by atoms with Gasteiger partial charge >= 0.3 is 0 Å². The second-order valence-electron chi connectivity index (χ2n) is 6.16. The zero-order valence-corrected chi connectivity index (χ0v) is 11.3. The van der Waals surface area contributed by atoms with Gasteiger partial charge in [-0.25, -0.2) is 0 Å². The van der Waals surface area contributed by atoms with Crippen molar-refractivity contribution in [2.24, 2.45) is 11.8 Å². The van der Waals surface area contributed by atoms with Crippen molar-refractivity contribution in [3.63, 3.8) is 0 Å². The number of hydrogen-bond donors (Lipinski definition) is 1. The third kappa shape index (κ3) is 2.28. The Kier molecular flexibility index (Phi) is 3.91. The fraction of sp³-hybridized carbons (Fsp3) is 1.00. The van der Waals surface area contributed by atoms with Crippen LogP contribution in [0.15, 0.2) is 0 Å². The van der Waals surface area contributed by atoms with E-state index in [-0.39, 0.29) is 0 Å². The SMILES string of the molecule is CC(C)C1(C2CCN(C)CC2)CCCCN1. The lowest BCUT2D eigenvalue weighted by Gasteiger charge is -2.50. The molecule has 0 aromatic carbocycles. The largest absolute Gasteiger partial charge is 0.311 e. The van der Waals surface area contributed by atoms with Gasteiger partial charge in [-0.3, -0.25) is 0 Å². The van der Waals surface area contributed by atoms with E-state index in [4.69, 9.17) is 0 Å². The molecule has 2 fully saturated rings. The van der Waals surface area contributed by atoms with Crippen LogP contribution in [0.2, 0.25) is 0 Å². The summed E-state index contributed by atoms with van der Waals surface area (Å²) in [4.78, 5) is 2.48. The number of piperidine rings is 2. The first-order chi connectivity index (χ1) is 7.65. The highest BCUT2D eigenvalue weighted by Gasteiger charge is 2.42.